The number of ether oxygens (including phenoxy) is 1. The smallest absolute Gasteiger partial charge is 0.273 e. The Morgan fingerprint density at radius 3 is 2.92 bits per heavy atom. The van der Waals surface area contributed by atoms with Crippen molar-refractivity contribution in [2.24, 2.45) is 0 Å². The molecule has 1 aliphatic rings. The molecule has 1 amide bonds. The molecular formula is C17H17N5O4. The van der Waals surface area contributed by atoms with Gasteiger partial charge in [-0.25, -0.2) is 9.97 Å². The van der Waals surface area contributed by atoms with Crippen molar-refractivity contribution in [1.29, 1.82) is 0 Å². The maximum absolute atomic E-state index is 12.3. The van der Waals surface area contributed by atoms with Crippen molar-refractivity contribution < 1.29 is 18.5 Å². The van der Waals surface area contributed by atoms with E-state index in [4.69, 9.17) is 13.7 Å². The average molecular weight is 355 g/mol. The fourth-order valence-electron chi connectivity index (χ4n) is 2.58. The number of carbonyl (C=O) groups is 1. The Labute approximate surface area is 149 Å². The Morgan fingerprint density at radius 1 is 1.23 bits per heavy atom. The minimum atomic E-state index is -0.349. The molecule has 0 atom stereocenters. The summed E-state index contributed by atoms with van der Waals surface area (Å²) in [6.07, 6.45) is 3.21. The number of hydrogen-bond acceptors (Lipinski definition) is 8. The minimum Gasteiger partial charge on any atom is -0.461 e. The van der Waals surface area contributed by atoms with Crippen molar-refractivity contribution in [3.8, 4) is 11.5 Å². The number of furan rings is 1. The molecule has 4 rings (SSSR count). The molecule has 9 heteroatoms. The van der Waals surface area contributed by atoms with Crippen LogP contribution in [0.3, 0.4) is 0 Å². The molecule has 4 heterocycles. The van der Waals surface area contributed by atoms with Gasteiger partial charge in [-0.15, -0.1) is 0 Å². The molecule has 1 N–H and O–H groups in total. The Kier molecular flexibility index (Phi) is 4.61. The van der Waals surface area contributed by atoms with Gasteiger partial charge >= 0.3 is 0 Å². The van der Waals surface area contributed by atoms with Crippen LogP contribution in [-0.2, 0) is 11.3 Å². The van der Waals surface area contributed by atoms with E-state index in [9.17, 15) is 4.79 Å². The molecule has 0 saturated carbocycles. The first-order chi connectivity index (χ1) is 12.8. The Hall–Kier alpha value is -3.20. The molecule has 26 heavy (non-hydrogen) atoms. The summed E-state index contributed by atoms with van der Waals surface area (Å²) in [6.45, 7) is 3.10. The molecule has 0 unspecified atom stereocenters. The zero-order chi connectivity index (χ0) is 17.8. The number of anilines is 1. The fraction of sp³-hybridized carbons (Fsp3) is 0.294. The van der Waals surface area contributed by atoms with Crippen molar-refractivity contribution in [3.05, 3.63) is 48.1 Å². The Morgan fingerprint density at radius 2 is 2.12 bits per heavy atom. The van der Waals surface area contributed by atoms with E-state index in [-0.39, 0.29) is 18.1 Å². The third kappa shape index (κ3) is 3.57. The number of amides is 1. The number of rotatable bonds is 5. The van der Waals surface area contributed by atoms with Crippen LogP contribution in [0.5, 0.6) is 0 Å². The lowest BCUT2D eigenvalue weighted by molar-refractivity contribution is 0.0941. The highest BCUT2D eigenvalue weighted by molar-refractivity contribution is 5.92. The lowest BCUT2D eigenvalue weighted by Crippen LogP contribution is -2.37. The summed E-state index contributed by atoms with van der Waals surface area (Å²) in [4.78, 5) is 23.1. The van der Waals surface area contributed by atoms with E-state index in [1.165, 1.54) is 12.3 Å². The van der Waals surface area contributed by atoms with Gasteiger partial charge in [-0.2, -0.15) is 0 Å². The number of aromatic nitrogens is 3. The van der Waals surface area contributed by atoms with E-state index in [0.29, 0.717) is 36.4 Å². The molecule has 0 radical (unpaired) electrons. The van der Waals surface area contributed by atoms with E-state index in [1.54, 1.807) is 24.4 Å². The molecule has 3 aromatic rings. The highest BCUT2D eigenvalue weighted by Crippen LogP contribution is 2.20. The molecule has 9 nitrogen and oxygen atoms in total. The van der Waals surface area contributed by atoms with Crippen LogP contribution >= 0.6 is 0 Å². The summed E-state index contributed by atoms with van der Waals surface area (Å²) < 4.78 is 15.7. The molecule has 0 aromatic carbocycles. The third-order valence-corrected chi connectivity index (χ3v) is 3.93. The van der Waals surface area contributed by atoms with E-state index in [2.05, 4.69) is 25.3 Å². The van der Waals surface area contributed by atoms with Crippen molar-refractivity contribution in [2.45, 2.75) is 6.54 Å². The van der Waals surface area contributed by atoms with Gasteiger partial charge in [-0.3, -0.25) is 4.79 Å². The third-order valence-electron chi connectivity index (χ3n) is 3.93. The van der Waals surface area contributed by atoms with Crippen LogP contribution in [0.1, 0.15) is 16.2 Å². The summed E-state index contributed by atoms with van der Waals surface area (Å²) in [5, 5.41) is 6.55. The van der Waals surface area contributed by atoms with Crippen LogP contribution in [0.4, 0.5) is 5.95 Å². The SMILES string of the molecule is O=C(NCc1ccnc(N2CCOCC2)n1)c1cc(-c2ccco2)on1. The molecule has 0 aliphatic carbocycles. The molecule has 1 fully saturated rings. The molecule has 1 aliphatic heterocycles. The zero-order valence-electron chi connectivity index (χ0n) is 13.9. The predicted octanol–water partition coefficient (Wildman–Crippen LogP) is 1.49. The fourth-order valence-corrected chi connectivity index (χ4v) is 2.58. The summed E-state index contributed by atoms with van der Waals surface area (Å²) in [5.74, 6) is 1.21. The van der Waals surface area contributed by atoms with Gasteiger partial charge in [0.05, 0.1) is 31.7 Å². The highest BCUT2D eigenvalue weighted by Gasteiger charge is 2.16. The Bertz CT molecular complexity index is 871. The van der Waals surface area contributed by atoms with Gasteiger partial charge in [0.2, 0.25) is 11.7 Å². The number of nitrogens with zero attached hydrogens (tertiary/aromatic N) is 4. The molecule has 3 aromatic heterocycles. The lowest BCUT2D eigenvalue weighted by Gasteiger charge is -2.26. The predicted molar refractivity (Wildman–Crippen MR) is 90.4 cm³/mol. The monoisotopic (exact) mass is 355 g/mol. The van der Waals surface area contributed by atoms with Crippen LogP contribution in [0.2, 0.25) is 0 Å². The van der Waals surface area contributed by atoms with Crippen molar-refractivity contribution in [1.82, 2.24) is 20.4 Å². The van der Waals surface area contributed by atoms with Crippen LogP contribution in [0.25, 0.3) is 11.5 Å². The second-order valence-electron chi connectivity index (χ2n) is 5.68. The van der Waals surface area contributed by atoms with Gasteiger partial charge in [0.15, 0.2) is 11.5 Å². The van der Waals surface area contributed by atoms with Gasteiger partial charge in [0.1, 0.15) is 0 Å². The average Bonchev–Trinajstić information content (AvgIpc) is 3.38. The molecule has 0 spiro atoms. The van der Waals surface area contributed by atoms with Gasteiger partial charge in [-0.1, -0.05) is 5.16 Å². The molecule has 0 bridgehead atoms. The molecule has 1 saturated heterocycles. The topological polar surface area (TPSA) is 107 Å². The van der Waals surface area contributed by atoms with E-state index >= 15 is 0 Å². The summed E-state index contributed by atoms with van der Waals surface area (Å²) >= 11 is 0. The summed E-state index contributed by atoms with van der Waals surface area (Å²) in [6, 6.07) is 6.77. The number of nitrogens with one attached hydrogen (secondary N) is 1. The Balaban J connectivity index is 1.38. The van der Waals surface area contributed by atoms with Crippen molar-refractivity contribution in [3.63, 3.8) is 0 Å². The van der Waals surface area contributed by atoms with Crippen molar-refractivity contribution >= 4 is 11.9 Å². The number of hydrogen-bond donors (Lipinski definition) is 1. The standard InChI is InChI=1S/C17H17N5O4/c23-16(13-10-15(26-21-13)14-2-1-7-25-14)19-11-12-3-4-18-17(20-12)22-5-8-24-9-6-22/h1-4,7,10H,5-6,8-9,11H2,(H,19,23). The maximum Gasteiger partial charge on any atom is 0.273 e. The van der Waals surface area contributed by atoms with E-state index < -0.39 is 0 Å². The second kappa shape index (κ2) is 7.36. The summed E-state index contributed by atoms with van der Waals surface area (Å²) in [7, 11) is 0. The maximum atomic E-state index is 12.3. The quantitative estimate of drug-likeness (QED) is 0.734. The lowest BCUT2D eigenvalue weighted by atomic mass is 10.3. The first-order valence-electron chi connectivity index (χ1n) is 8.23. The van der Waals surface area contributed by atoms with Crippen LogP contribution in [0, 0.1) is 0 Å². The number of morpholine rings is 1. The van der Waals surface area contributed by atoms with Gasteiger partial charge in [-0.05, 0) is 18.2 Å². The molecule has 134 valence electrons. The normalized spacial score (nSPS) is 14.4. The van der Waals surface area contributed by atoms with Gasteiger partial charge in [0.25, 0.3) is 5.91 Å². The highest BCUT2D eigenvalue weighted by atomic mass is 16.5. The van der Waals surface area contributed by atoms with Crippen molar-refractivity contribution in [2.75, 3.05) is 31.2 Å². The minimum absolute atomic E-state index is 0.179. The number of carbonyl (C=O) groups excluding carboxylic acids is 1. The van der Waals surface area contributed by atoms with Crippen LogP contribution in [-0.4, -0.2) is 47.3 Å². The first kappa shape index (κ1) is 16.3. The van der Waals surface area contributed by atoms with E-state index in [1.807, 2.05) is 0 Å². The summed E-state index contributed by atoms with van der Waals surface area (Å²) in [5.41, 5.74) is 0.892. The largest absolute Gasteiger partial charge is 0.461 e. The van der Waals surface area contributed by atoms with E-state index in [0.717, 1.165) is 13.1 Å². The molecular weight excluding hydrogens is 338 g/mol. The van der Waals surface area contributed by atoms with Gasteiger partial charge < -0.3 is 23.9 Å². The van der Waals surface area contributed by atoms with Gasteiger partial charge in [0, 0.05) is 25.4 Å². The van der Waals surface area contributed by atoms with Crippen LogP contribution < -0.4 is 10.2 Å². The zero-order valence-corrected chi connectivity index (χ0v) is 13.9. The van der Waals surface area contributed by atoms with Crippen LogP contribution in [0.15, 0.2) is 45.7 Å². The first-order valence-corrected chi connectivity index (χ1v) is 8.23. The second-order valence-corrected chi connectivity index (χ2v) is 5.68.